The number of nitrogens with zero attached hydrogens (tertiary/aromatic N) is 1. The van der Waals surface area contributed by atoms with Crippen molar-refractivity contribution in [2.75, 3.05) is 0 Å². The predicted molar refractivity (Wildman–Crippen MR) is 92.2 cm³/mol. The van der Waals surface area contributed by atoms with Crippen molar-refractivity contribution >= 4 is 11.0 Å². The number of halogens is 2. The molecule has 0 spiro atoms. The molecule has 4 rings (SSSR count). The molecule has 0 saturated heterocycles. The third-order valence-corrected chi connectivity index (χ3v) is 3.88. The third-order valence-electron chi connectivity index (χ3n) is 3.88. The van der Waals surface area contributed by atoms with Crippen LogP contribution in [-0.2, 0) is 6.61 Å². The molecule has 0 amide bonds. The zero-order chi connectivity index (χ0) is 17.2. The minimum absolute atomic E-state index is 0.103. The highest BCUT2D eigenvalue weighted by atomic mass is 19.1. The average Bonchev–Trinajstić information content (AvgIpc) is 3.07. The molecule has 0 atom stereocenters. The normalized spacial score (nSPS) is 11.0. The molecule has 3 aromatic carbocycles. The summed E-state index contributed by atoms with van der Waals surface area (Å²) < 4.78 is 32.2. The summed E-state index contributed by atoms with van der Waals surface area (Å²) in [6.45, 7) is 0.133. The number of hydrogen-bond donors (Lipinski definition) is 1. The number of rotatable bonds is 4. The van der Waals surface area contributed by atoms with E-state index in [2.05, 4.69) is 9.97 Å². The second kappa shape index (κ2) is 6.36. The summed E-state index contributed by atoms with van der Waals surface area (Å²) in [5.41, 5.74) is 3.58. The van der Waals surface area contributed by atoms with Gasteiger partial charge in [0.05, 0.1) is 11.0 Å². The number of aromatic amines is 1. The SMILES string of the molecule is Fc1ccc(F)c(OCc2cccc(-c3nc4ccccc4[nH]3)c2)c1. The Morgan fingerprint density at radius 3 is 2.68 bits per heavy atom. The van der Waals surface area contributed by atoms with E-state index in [-0.39, 0.29) is 12.4 Å². The highest BCUT2D eigenvalue weighted by Crippen LogP contribution is 2.23. The Morgan fingerprint density at radius 1 is 0.920 bits per heavy atom. The quantitative estimate of drug-likeness (QED) is 0.564. The van der Waals surface area contributed by atoms with Crippen LogP contribution in [0.15, 0.2) is 66.7 Å². The van der Waals surface area contributed by atoms with Gasteiger partial charge in [-0.3, -0.25) is 0 Å². The van der Waals surface area contributed by atoms with Crippen LogP contribution in [0.4, 0.5) is 8.78 Å². The topological polar surface area (TPSA) is 37.9 Å². The molecule has 1 aromatic heterocycles. The Hall–Kier alpha value is -3.21. The lowest BCUT2D eigenvalue weighted by Gasteiger charge is -2.08. The fourth-order valence-corrected chi connectivity index (χ4v) is 2.65. The van der Waals surface area contributed by atoms with Crippen LogP contribution in [0, 0.1) is 11.6 Å². The van der Waals surface area contributed by atoms with Crippen LogP contribution < -0.4 is 4.74 Å². The molecule has 1 N–H and O–H groups in total. The first-order valence-electron chi connectivity index (χ1n) is 7.81. The van der Waals surface area contributed by atoms with Gasteiger partial charge >= 0.3 is 0 Å². The van der Waals surface area contributed by atoms with E-state index in [0.29, 0.717) is 0 Å². The Labute approximate surface area is 142 Å². The first-order chi connectivity index (χ1) is 12.2. The number of fused-ring (bicyclic) bond motifs is 1. The molecule has 0 aliphatic heterocycles. The van der Waals surface area contributed by atoms with Crippen molar-refractivity contribution in [3.8, 4) is 17.1 Å². The second-order valence-electron chi connectivity index (χ2n) is 5.67. The molecule has 0 aliphatic rings. The van der Waals surface area contributed by atoms with Gasteiger partial charge in [-0.05, 0) is 35.9 Å². The van der Waals surface area contributed by atoms with Crippen molar-refractivity contribution in [2.24, 2.45) is 0 Å². The molecular weight excluding hydrogens is 322 g/mol. The van der Waals surface area contributed by atoms with Crippen LogP contribution in [0.2, 0.25) is 0 Å². The van der Waals surface area contributed by atoms with Crippen LogP contribution in [0.25, 0.3) is 22.4 Å². The number of ether oxygens (including phenoxy) is 1. The molecule has 0 saturated carbocycles. The lowest BCUT2D eigenvalue weighted by molar-refractivity contribution is 0.288. The van der Waals surface area contributed by atoms with E-state index < -0.39 is 11.6 Å². The molecule has 0 fully saturated rings. The molecule has 1 heterocycles. The fourth-order valence-electron chi connectivity index (χ4n) is 2.65. The minimum Gasteiger partial charge on any atom is -0.486 e. The molecule has 124 valence electrons. The van der Waals surface area contributed by atoms with E-state index >= 15 is 0 Å². The molecular formula is C20H14F2N2O. The summed E-state index contributed by atoms with van der Waals surface area (Å²) in [7, 11) is 0. The molecule has 4 aromatic rings. The van der Waals surface area contributed by atoms with Gasteiger partial charge in [-0.1, -0.05) is 30.3 Å². The first kappa shape index (κ1) is 15.3. The number of hydrogen-bond acceptors (Lipinski definition) is 2. The smallest absolute Gasteiger partial charge is 0.165 e. The highest BCUT2D eigenvalue weighted by molar-refractivity contribution is 5.79. The summed E-state index contributed by atoms with van der Waals surface area (Å²) >= 11 is 0. The van der Waals surface area contributed by atoms with Crippen molar-refractivity contribution in [3.05, 3.63) is 83.9 Å². The molecule has 0 unspecified atom stereocenters. The van der Waals surface area contributed by atoms with E-state index in [0.717, 1.165) is 46.2 Å². The Kier molecular flexibility index (Phi) is 3.90. The Morgan fingerprint density at radius 2 is 1.80 bits per heavy atom. The standard InChI is InChI=1S/C20H14F2N2O/c21-15-8-9-16(22)19(11-15)25-12-13-4-3-5-14(10-13)20-23-17-6-1-2-7-18(17)24-20/h1-11H,12H2,(H,23,24). The van der Waals surface area contributed by atoms with E-state index in [1.165, 1.54) is 0 Å². The molecule has 5 heteroatoms. The van der Waals surface area contributed by atoms with Gasteiger partial charge in [0.15, 0.2) is 11.6 Å². The van der Waals surface area contributed by atoms with E-state index in [1.807, 2.05) is 48.5 Å². The molecule has 0 aliphatic carbocycles. The monoisotopic (exact) mass is 336 g/mol. The molecule has 0 radical (unpaired) electrons. The maximum Gasteiger partial charge on any atom is 0.165 e. The number of nitrogens with one attached hydrogen (secondary N) is 1. The maximum atomic E-state index is 13.6. The van der Waals surface area contributed by atoms with Gasteiger partial charge < -0.3 is 9.72 Å². The molecule has 25 heavy (non-hydrogen) atoms. The largest absolute Gasteiger partial charge is 0.486 e. The summed E-state index contributed by atoms with van der Waals surface area (Å²) in [6, 6.07) is 18.5. The molecule has 3 nitrogen and oxygen atoms in total. The van der Waals surface area contributed by atoms with Crippen molar-refractivity contribution in [2.45, 2.75) is 6.61 Å². The summed E-state index contributed by atoms with van der Waals surface area (Å²) in [5.74, 6) is -0.476. The third kappa shape index (κ3) is 3.21. The molecule has 0 bridgehead atoms. The van der Waals surface area contributed by atoms with Gasteiger partial charge in [0.25, 0.3) is 0 Å². The van der Waals surface area contributed by atoms with Gasteiger partial charge in [-0.15, -0.1) is 0 Å². The lowest BCUT2D eigenvalue weighted by Crippen LogP contribution is -1.98. The minimum atomic E-state index is -0.588. The lowest BCUT2D eigenvalue weighted by atomic mass is 10.1. The zero-order valence-electron chi connectivity index (χ0n) is 13.2. The predicted octanol–water partition coefficient (Wildman–Crippen LogP) is 5.09. The number of H-pyrrole nitrogens is 1. The van der Waals surface area contributed by atoms with Crippen molar-refractivity contribution in [3.63, 3.8) is 0 Å². The van der Waals surface area contributed by atoms with Crippen LogP contribution in [-0.4, -0.2) is 9.97 Å². The van der Waals surface area contributed by atoms with Crippen molar-refractivity contribution in [1.29, 1.82) is 0 Å². The van der Waals surface area contributed by atoms with Gasteiger partial charge in [0.2, 0.25) is 0 Å². The number of aromatic nitrogens is 2. The van der Waals surface area contributed by atoms with Gasteiger partial charge in [0.1, 0.15) is 18.2 Å². The van der Waals surface area contributed by atoms with E-state index in [1.54, 1.807) is 0 Å². The van der Waals surface area contributed by atoms with Crippen molar-refractivity contribution in [1.82, 2.24) is 9.97 Å². The summed E-state index contributed by atoms with van der Waals surface area (Å²) in [6.07, 6.45) is 0. The second-order valence-corrected chi connectivity index (χ2v) is 5.67. The number of para-hydroxylation sites is 2. The van der Waals surface area contributed by atoms with Crippen LogP contribution in [0.3, 0.4) is 0 Å². The zero-order valence-corrected chi connectivity index (χ0v) is 13.2. The highest BCUT2D eigenvalue weighted by Gasteiger charge is 2.08. The van der Waals surface area contributed by atoms with Gasteiger partial charge in [-0.2, -0.15) is 0 Å². The van der Waals surface area contributed by atoms with Crippen LogP contribution in [0.1, 0.15) is 5.56 Å². The van der Waals surface area contributed by atoms with E-state index in [4.69, 9.17) is 4.74 Å². The first-order valence-corrected chi connectivity index (χ1v) is 7.81. The summed E-state index contributed by atoms with van der Waals surface area (Å²) in [5, 5.41) is 0. The van der Waals surface area contributed by atoms with Crippen molar-refractivity contribution < 1.29 is 13.5 Å². The number of imidazole rings is 1. The van der Waals surface area contributed by atoms with Gasteiger partial charge in [-0.25, -0.2) is 13.8 Å². The maximum absolute atomic E-state index is 13.6. The fraction of sp³-hybridized carbons (Fsp3) is 0.0500. The number of benzene rings is 3. The van der Waals surface area contributed by atoms with E-state index in [9.17, 15) is 8.78 Å². The van der Waals surface area contributed by atoms with Crippen LogP contribution in [0.5, 0.6) is 5.75 Å². The Balaban J connectivity index is 1.58. The van der Waals surface area contributed by atoms with Crippen LogP contribution >= 0.6 is 0 Å². The Bertz CT molecular complexity index is 1010. The summed E-state index contributed by atoms with van der Waals surface area (Å²) in [4.78, 5) is 7.83. The average molecular weight is 336 g/mol. The van der Waals surface area contributed by atoms with Gasteiger partial charge in [0, 0.05) is 11.6 Å².